The lowest BCUT2D eigenvalue weighted by molar-refractivity contribution is 1.03. The van der Waals surface area contributed by atoms with E-state index in [0.29, 0.717) is 34.6 Å². The fourth-order valence-corrected chi connectivity index (χ4v) is 2.69. The Hall–Kier alpha value is -3.54. The van der Waals surface area contributed by atoms with Crippen LogP contribution in [0.1, 0.15) is 16.7 Å². The van der Waals surface area contributed by atoms with Gasteiger partial charge in [0.25, 0.3) is 0 Å². The molecular weight excluding hydrogens is 336 g/mol. The quantitative estimate of drug-likeness (QED) is 0.554. The Morgan fingerprint density at radius 3 is 1.04 bits per heavy atom. The van der Waals surface area contributed by atoms with Crippen LogP contribution in [-0.2, 0) is 0 Å². The Morgan fingerprint density at radius 2 is 0.778 bits per heavy atom. The van der Waals surface area contributed by atoms with Gasteiger partial charge in [-0.25, -0.2) is 15.0 Å². The molecule has 0 N–H and O–H groups in total. The molecule has 0 atom stereocenters. The molecule has 4 aromatic heterocycles. The summed E-state index contributed by atoms with van der Waals surface area (Å²) in [5.41, 5.74) is 5.35. The van der Waals surface area contributed by atoms with E-state index < -0.39 is 0 Å². The third-order valence-corrected chi connectivity index (χ3v) is 4.07. The minimum absolute atomic E-state index is 0.505. The first-order valence-electron chi connectivity index (χ1n) is 8.64. The van der Waals surface area contributed by atoms with E-state index >= 15 is 0 Å². The van der Waals surface area contributed by atoms with Crippen molar-refractivity contribution in [2.45, 2.75) is 20.8 Å². The van der Waals surface area contributed by atoms with Gasteiger partial charge in [0, 0.05) is 18.6 Å². The number of hydrogen-bond acceptors (Lipinski definition) is 6. The van der Waals surface area contributed by atoms with Crippen molar-refractivity contribution in [1.29, 1.82) is 0 Å². The summed E-state index contributed by atoms with van der Waals surface area (Å²) in [6, 6.07) is 11.7. The van der Waals surface area contributed by atoms with E-state index in [4.69, 9.17) is 0 Å². The van der Waals surface area contributed by atoms with E-state index in [0.717, 1.165) is 16.7 Å². The Morgan fingerprint density at radius 1 is 0.481 bits per heavy atom. The Labute approximate surface area is 157 Å². The molecule has 0 unspecified atom stereocenters. The number of nitrogens with zero attached hydrogens (tertiary/aromatic N) is 6. The normalized spacial score (nSPS) is 10.8. The highest BCUT2D eigenvalue weighted by Crippen LogP contribution is 2.23. The largest absolute Gasteiger partial charge is 0.253 e. The molecule has 0 aliphatic heterocycles. The van der Waals surface area contributed by atoms with Crippen LogP contribution in [0.4, 0.5) is 0 Å². The van der Waals surface area contributed by atoms with Crippen LogP contribution in [-0.4, -0.2) is 29.9 Å². The monoisotopic (exact) mass is 354 g/mol. The summed E-state index contributed by atoms with van der Waals surface area (Å²) in [5.74, 6) is 1.51. The molecule has 0 amide bonds. The molecule has 0 aliphatic rings. The second-order valence-corrected chi connectivity index (χ2v) is 6.46. The molecule has 6 nitrogen and oxygen atoms in total. The van der Waals surface area contributed by atoms with Crippen LogP contribution in [0.25, 0.3) is 34.6 Å². The lowest BCUT2D eigenvalue weighted by Gasteiger charge is -2.08. The van der Waals surface area contributed by atoms with Gasteiger partial charge in [-0.3, -0.25) is 15.0 Å². The number of rotatable bonds is 3. The first kappa shape index (κ1) is 16.9. The molecule has 6 heteroatoms. The Balaban J connectivity index is 1.94. The second kappa shape index (κ2) is 6.99. The molecule has 4 heterocycles. The van der Waals surface area contributed by atoms with Crippen molar-refractivity contribution in [3.8, 4) is 34.6 Å². The molecule has 0 saturated heterocycles. The topological polar surface area (TPSA) is 77.3 Å². The van der Waals surface area contributed by atoms with E-state index in [9.17, 15) is 0 Å². The molecule has 0 fully saturated rings. The van der Waals surface area contributed by atoms with Crippen molar-refractivity contribution in [3.63, 3.8) is 0 Å². The highest BCUT2D eigenvalue weighted by Gasteiger charge is 2.14. The molecule has 0 aromatic carbocycles. The van der Waals surface area contributed by atoms with E-state index in [1.165, 1.54) is 0 Å². The summed E-state index contributed by atoms with van der Waals surface area (Å²) < 4.78 is 0. The van der Waals surface area contributed by atoms with Crippen LogP contribution in [0, 0.1) is 20.8 Å². The van der Waals surface area contributed by atoms with Gasteiger partial charge in [0.05, 0.1) is 0 Å². The van der Waals surface area contributed by atoms with Gasteiger partial charge in [0.1, 0.15) is 17.1 Å². The first-order valence-corrected chi connectivity index (χ1v) is 8.64. The highest BCUT2D eigenvalue weighted by atomic mass is 15.1. The predicted molar refractivity (Wildman–Crippen MR) is 104 cm³/mol. The molecule has 27 heavy (non-hydrogen) atoms. The van der Waals surface area contributed by atoms with Gasteiger partial charge in [0.15, 0.2) is 17.5 Å². The first-order chi connectivity index (χ1) is 13.1. The average molecular weight is 354 g/mol. The summed E-state index contributed by atoms with van der Waals surface area (Å²) in [6.07, 6.45) is 5.26. The number of hydrogen-bond donors (Lipinski definition) is 0. The summed E-state index contributed by atoms with van der Waals surface area (Å²) in [4.78, 5) is 27.1. The van der Waals surface area contributed by atoms with Crippen LogP contribution in [0.3, 0.4) is 0 Å². The van der Waals surface area contributed by atoms with Crippen LogP contribution < -0.4 is 0 Å². The van der Waals surface area contributed by atoms with E-state index in [2.05, 4.69) is 29.9 Å². The zero-order chi connectivity index (χ0) is 18.8. The van der Waals surface area contributed by atoms with E-state index in [1.807, 2.05) is 57.2 Å². The van der Waals surface area contributed by atoms with Crippen molar-refractivity contribution in [2.24, 2.45) is 0 Å². The van der Waals surface area contributed by atoms with Crippen molar-refractivity contribution >= 4 is 0 Å². The van der Waals surface area contributed by atoms with Crippen molar-refractivity contribution in [2.75, 3.05) is 0 Å². The molecule has 4 aromatic rings. The van der Waals surface area contributed by atoms with Crippen molar-refractivity contribution in [1.82, 2.24) is 29.9 Å². The molecule has 0 saturated carbocycles. The minimum Gasteiger partial charge on any atom is -0.253 e. The molecule has 0 bridgehead atoms. The fraction of sp³-hybridized carbons (Fsp3) is 0.143. The predicted octanol–water partition coefficient (Wildman–Crippen LogP) is 3.98. The van der Waals surface area contributed by atoms with Gasteiger partial charge in [-0.05, 0) is 73.9 Å². The van der Waals surface area contributed by atoms with Gasteiger partial charge in [0.2, 0.25) is 0 Å². The van der Waals surface area contributed by atoms with Gasteiger partial charge >= 0.3 is 0 Å². The van der Waals surface area contributed by atoms with Gasteiger partial charge in [-0.15, -0.1) is 0 Å². The molecular formula is C21H18N6. The van der Waals surface area contributed by atoms with Gasteiger partial charge < -0.3 is 0 Å². The zero-order valence-corrected chi connectivity index (χ0v) is 15.4. The molecule has 0 spiro atoms. The standard InChI is InChI=1S/C21H18N6/c1-13-4-7-22-16(10-13)19-25-20(17-11-14(2)5-8-23-17)27-21(26-19)18-12-15(3)6-9-24-18/h4-12H,1-3H3. The lowest BCUT2D eigenvalue weighted by atomic mass is 10.2. The number of aromatic nitrogens is 6. The highest BCUT2D eigenvalue weighted by molar-refractivity contribution is 5.62. The Bertz CT molecular complexity index is 969. The zero-order valence-electron chi connectivity index (χ0n) is 15.4. The summed E-state index contributed by atoms with van der Waals surface area (Å²) in [7, 11) is 0. The fourth-order valence-electron chi connectivity index (χ4n) is 2.69. The van der Waals surface area contributed by atoms with E-state index in [-0.39, 0.29) is 0 Å². The smallest absolute Gasteiger partial charge is 0.182 e. The van der Waals surface area contributed by atoms with Crippen molar-refractivity contribution < 1.29 is 0 Å². The molecule has 132 valence electrons. The molecule has 4 rings (SSSR count). The summed E-state index contributed by atoms with van der Waals surface area (Å²) >= 11 is 0. The van der Waals surface area contributed by atoms with Crippen LogP contribution in [0.2, 0.25) is 0 Å². The summed E-state index contributed by atoms with van der Waals surface area (Å²) in [6.45, 7) is 6.04. The Kier molecular flexibility index (Phi) is 4.38. The molecule has 0 radical (unpaired) electrons. The van der Waals surface area contributed by atoms with E-state index in [1.54, 1.807) is 18.6 Å². The average Bonchev–Trinajstić information content (AvgIpc) is 2.68. The third kappa shape index (κ3) is 3.69. The maximum atomic E-state index is 4.63. The third-order valence-electron chi connectivity index (χ3n) is 4.07. The number of pyridine rings is 3. The second-order valence-electron chi connectivity index (χ2n) is 6.46. The molecule has 0 aliphatic carbocycles. The van der Waals surface area contributed by atoms with Crippen LogP contribution >= 0.6 is 0 Å². The van der Waals surface area contributed by atoms with Crippen molar-refractivity contribution in [3.05, 3.63) is 71.7 Å². The minimum atomic E-state index is 0.505. The number of aryl methyl sites for hydroxylation is 3. The van der Waals surface area contributed by atoms with Crippen LogP contribution in [0.15, 0.2) is 55.0 Å². The van der Waals surface area contributed by atoms with Gasteiger partial charge in [-0.1, -0.05) is 0 Å². The van der Waals surface area contributed by atoms with Crippen LogP contribution in [0.5, 0.6) is 0 Å². The lowest BCUT2D eigenvalue weighted by Crippen LogP contribution is -2.03. The van der Waals surface area contributed by atoms with Gasteiger partial charge in [-0.2, -0.15) is 0 Å². The summed E-state index contributed by atoms with van der Waals surface area (Å²) in [5, 5.41) is 0. The maximum absolute atomic E-state index is 4.63. The SMILES string of the molecule is Cc1ccnc(-c2nc(-c3cc(C)ccn3)nc(-c3cc(C)ccn3)n2)c1. The maximum Gasteiger partial charge on any atom is 0.182 e.